The SMILES string of the molecule is Cc1ccc2c(c1)c1c3n2CC[NH+](C[C@@H]2CO2)[C@@H]3CCC1. The fourth-order valence-electron chi connectivity index (χ4n) is 4.63. The number of aryl methyl sites for hydroxylation is 2. The number of rotatable bonds is 2. The summed E-state index contributed by atoms with van der Waals surface area (Å²) < 4.78 is 8.12. The molecule has 21 heavy (non-hydrogen) atoms. The lowest BCUT2D eigenvalue weighted by molar-refractivity contribution is -0.937. The molecule has 2 aliphatic heterocycles. The molecule has 2 aromatic rings. The maximum Gasteiger partial charge on any atom is 0.130 e. The minimum Gasteiger partial charge on any atom is -0.367 e. The van der Waals surface area contributed by atoms with Crippen molar-refractivity contribution in [2.45, 2.75) is 44.9 Å². The van der Waals surface area contributed by atoms with E-state index in [-0.39, 0.29) is 0 Å². The number of nitrogens with zero attached hydrogens (tertiary/aromatic N) is 1. The third-order valence-corrected chi connectivity index (χ3v) is 5.66. The van der Waals surface area contributed by atoms with Crippen molar-refractivity contribution in [2.24, 2.45) is 0 Å². The number of aromatic nitrogens is 1. The Morgan fingerprint density at radius 3 is 3.14 bits per heavy atom. The van der Waals surface area contributed by atoms with Crippen molar-refractivity contribution in [1.29, 1.82) is 0 Å². The summed E-state index contributed by atoms with van der Waals surface area (Å²) in [5, 5.41) is 1.53. The molecule has 1 saturated heterocycles. The van der Waals surface area contributed by atoms with Crippen LogP contribution in [0.25, 0.3) is 10.9 Å². The Morgan fingerprint density at radius 1 is 1.38 bits per heavy atom. The number of epoxide rings is 1. The largest absolute Gasteiger partial charge is 0.367 e. The molecule has 0 saturated carbocycles. The number of hydrogen-bond donors (Lipinski definition) is 1. The minimum atomic E-state index is 0.545. The van der Waals surface area contributed by atoms with Gasteiger partial charge in [0.1, 0.15) is 18.7 Å². The van der Waals surface area contributed by atoms with Crippen molar-refractivity contribution in [3.8, 4) is 0 Å². The molecule has 1 N–H and O–H groups in total. The van der Waals surface area contributed by atoms with Crippen molar-refractivity contribution in [3.63, 3.8) is 0 Å². The Labute approximate surface area is 125 Å². The van der Waals surface area contributed by atoms with Gasteiger partial charge in [-0.25, -0.2) is 0 Å². The van der Waals surface area contributed by atoms with Gasteiger partial charge >= 0.3 is 0 Å². The second-order valence-electron chi connectivity index (χ2n) is 7.05. The van der Waals surface area contributed by atoms with E-state index in [0.29, 0.717) is 12.1 Å². The summed E-state index contributed by atoms with van der Waals surface area (Å²) in [4.78, 5) is 1.77. The van der Waals surface area contributed by atoms with Crippen LogP contribution in [0, 0.1) is 6.92 Å². The minimum absolute atomic E-state index is 0.545. The van der Waals surface area contributed by atoms with Gasteiger partial charge in [-0.1, -0.05) is 11.6 Å². The van der Waals surface area contributed by atoms with Crippen molar-refractivity contribution >= 4 is 10.9 Å². The summed E-state index contributed by atoms with van der Waals surface area (Å²) in [6.07, 6.45) is 4.51. The highest BCUT2D eigenvalue weighted by Gasteiger charge is 2.40. The standard InChI is InChI=1S/C18H22N2O/c1-12-5-6-16-15(9-12)14-3-2-4-17-18(14)20(16)8-7-19(17)10-13-11-21-13/h5-6,9,13,17H,2-4,7-8,10-11H2,1H3/p+1/t13-,17-/m1/s1. The predicted molar refractivity (Wildman–Crippen MR) is 82.8 cm³/mol. The predicted octanol–water partition coefficient (Wildman–Crippen LogP) is 1.62. The zero-order chi connectivity index (χ0) is 14.0. The van der Waals surface area contributed by atoms with Gasteiger partial charge in [-0.15, -0.1) is 0 Å². The molecule has 3 heteroatoms. The van der Waals surface area contributed by atoms with Gasteiger partial charge in [0.2, 0.25) is 0 Å². The summed E-state index contributed by atoms with van der Waals surface area (Å²) in [6.45, 7) is 6.85. The van der Waals surface area contributed by atoms with Crippen LogP contribution >= 0.6 is 0 Å². The third kappa shape index (κ3) is 1.80. The Kier molecular flexibility index (Phi) is 2.53. The van der Waals surface area contributed by atoms with Gasteiger partial charge in [0.15, 0.2) is 0 Å². The van der Waals surface area contributed by atoms with Crippen LogP contribution in [0.4, 0.5) is 0 Å². The summed E-state index contributed by atoms with van der Waals surface area (Å²) in [7, 11) is 0. The molecule has 3 atom stereocenters. The normalized spacial score (nSPS) is 30.4. The number of ether oxygens (including phenoxy) is 1. The Bertz CT molecular complexity index is 714. The maximum atomic E-state index is 5.49. The summed E-state index contributed by atoms with van der Waals surface area (Å²) in [6, 6.07) is 7.72. The third-order valence-electron chi connectivity index (χ3n) is 5.66. The highest BCUT2D eigenvalue weighted by molar-refractivity contribution is 5.86. The smallest absolute Gasteiger partial charge is 0.130 e. The van der Waals surface area contributed by atoms with E-state index in [1.54, 1.807) is 16.2 Å². The van der Waals surface area contributed by atoms with E-state index < -0.39 is 0 Å². The van der Waals surface area contributed by atoms with E-state index in [4.69, 9.17) is 4.74 Å². The zero-order valence-corrected chi connectivity index (χ0v) is 12.7. The Hall–Kier alpha value is -1.32. The Morgan fingerprint density at radius 2 is 2.29 bits per heavy atom. The summed E-state index contributed by atoms with van der Waals surface area (Å²) in [5.74, 6) is 0. The number of benzene rings is 1. The lowest BCUT2D eigenvalue weighted by Gasteiger charge is -2.36. The summed E-state index contributed by atoms with van der Waals surface area (Å²) in [5.41, 5.74) is 6.17. The highest BCUT2D eigenvalue weighted by Crippen LogP contribution is 2.37. The van der Waals surface area contributed by atoms with Crippen molar-refractivity contribution in [2.75, 3.05) is 19.7 Å². The van der Waals surface area contributed by atoms with Crippen LogP contribution in [0.15, 0.2) is 18.2 Å². The topological polar surface area (TPSA) is 21.9 Å². The van der Waals surface area contributed by atoms with Crippen LogP contribution in [0.3, 0.4) is 0 Å². The highest BCUT2D eigenvalue weighted by atomic mass is 16.6. The second kappa shape index (κ2) is 4.34. The van der Waals surface area contributed by atoms with Gasteiger partial charge in [-0.05, 0) is 37.5 Å². The number of hydrogen-bond acceptors (Lipinski definition) is 1. The molecule has 5 rings (SSSR count). The lowest BCUT2D eigenvalue weighted by atomic mass is 9.89. The molecule has 3 aliphatic rings. The molecule has 110 valence electrons. The summed E-state index contributed by atoms with van der Waals surface area (Å²) >= 11 is 0. The fraction of sp³-hybridized carbons (Fsp3) is 0.556. The molecule has 1 aliphatic carbocycles. The first kappa shape index (κ1) is 12.2. The quantitative estimate of drug-likeness (QED) is 0.831. The molecule has 0 radical (unpaired) electrons. The van der Waals surface area contributed by atoms with Crippen molar-refractivity contribution in [1.82, 2.24) is 4.57 Å². The van der Waals surface area contributed by atoms with Crippen molar-refractivity contribution < 1.29 is 9.64 Å². The molecule has 0 bridgehead atoms. The molecule has 3 nitrogen and oxygen atoms in total. The molecule has 1 aromatic heterocycles. The number of nitrogens with one attached hydrogen (secondary N) is 1. The zero-order valence-electron chi connectivity index (χ0n) is 12.7. The molecule has 1 fully saturated rings. The molecular weight excluding hydrogens is 260 g/mol. The molecule has 0 spiro atoms. The van der Waals surface area contributed by atoms with E-state index in [9.17, 15) is 0 Å². The van der Waals surface area contributed by atoms with E-state index in [1.165, 1.54) is 55.4 Å². The van der Waals surface area contributed by atoms with Gasteiger partial charge in [-0.2, -0.15) is 0 Å². The molecule has 1 unspecified atom stereocenters. The Balaban J connectivity index is 1.67. The maximum absolute atomic E-state index is 5.49. The first-order valence-electron chi connectivity index (χ1n) is 8.39. The van der Waals surface area contributed by atoms with Crippen molar-refractivity contribution in [3.05, 3.63) is 35.0 Å². The monoisotopic (exact) mass is 283 g/mol. The molecule has 1 aromatic carbocycles. The van der Waals surface area contributed by atoms with E-state index in [0.717, 1.165) is 6.61 Å². The molecule has 0 amide bonds. The number of fused-ring (bicyclic) bond motifs is 3. The van der Waals surface area contributed by atoms with Gasteiger partial charge in [0.05, 0.1) is 25.4 Å². The van der Waals surface area contributed by atoms with Crippen LogP contribution in [-0.2, 0) is 17.7 Å². The fourth-order valence-corrected chi connectivity index (χ4v) is 4.63. The van der Waals surface area contributed by atoms with Gasteiger partial charge in [-0.3, -0.25) is 0 Å². The van der Waals surface area contributed by atoms with Crippen LogP contribution in [0.5, 0.6) is 0 Å². The first-order chi connectivity index (χ1) is 10.3. The van der Waals surface area contributed by atoms with Gasteiger partial charge in [0.25, 0.3) is 0 Å². The van der Waals surface area contributed by atoms with E-state index in [1.807, 2.05) is 0 Å². The number of quaternary nitrogens is 1. The molecule has 3 heterocycles. The second-order valence-corrected chi connectivity index (χ2v) is 7.05. The van der Waals surface area contributed by atoms with Gasteiger partial charge in [0, 0.05) is 17.3 Å². The molecular formula is C18H23N2O+. The average Bonchev–Trinajstić information content (AvgIpc) is 3.26. The van der Waals surface area contributed by atoms with E-state index >= 15 is 0 Å². The first-order valence-corrected chi connectivity index (χ1v) is 8.39. The average molecular weight is 283 g/mol. The lowest BCUT2D eigenvalue weighted by Crippen LogP contribution is -3.14. The van der Waals surface area contributed by atoms with E-state index in [2.05, 4.69) is 29.7 Å². The van der Waals surface area contributed by atoms with Crippen LogP contribution < -0.4 is 4.90 Å². The van der Waals surface area contributed by atoms with Crippen LogP contribution in [-0.4, -0.2) is 30.4 Å². The van der Waals surface area contributed by atoms with Crippen LogP contribution in [0.2, 0.25) is 0 Å². The van der Waals surface area contributed by atoms with Gasteiger partial charge < -0.3 is 14.2 Å². The van der Waals surface area contributed by atoms with Crippen LogP contribution in [0.1, 0.15) is 35.7 Å².